The van der Waals surface area contributed by atoms with Crippen LogP contribution in [0.15, 0.2) is 24.3 Å². The molecule has 5 nitrogen and oxygen atoms in total. The molecule has 1 aromatic rings. The maximum Gasteiger partial charge on any atom is 0.317 e. The third-order valence-electron chi connectivity index (χ3n) is 3.77. The van der Waals surface area contributed by atoms with E-state index in [1.807, 2.05) is 11.8 Å². The van der Waals surface area contributed by atoms with Gasteiger partial charge in [-0.05, 0) is 43.5 Å². The van der Waals surface area contributed by atoms with Gasteiger partial charge >= 0.3 is 6.03 Å². The summed E-state index contributed by atoms with van der Waals surface area (Å²) in [5.41, 5.74) is 0. The van der Waals surface area contributed by atoms with Gasteiger partial charge in [0.25, 0.3) is 0 Å². The summed E-state index contributed by atoms with van der Waals surface area (Å²) in [6.45, 7) is 5.12. The van der Waals surface area contributed by atoms with Crippen molar-refractivity contribution in [2.75, 3.05) is 32.8 Å². The van der Waals surface area contributed by atoms with Crippen LogP contribution in [-0.2, 0) is 4.74 Å². The summed E-state index contributed by atoms with van der Waals surface area (Å²) in [7, 11) is 0. The fraction of sp³-hybridized carbons (Fsp3) is 0.588. The van der Waals surface area contributed by atoms with Crippen LogP contribution in [-0.4, -0.2) is 49.9 Å². The van der Waals surface area contributed by atoms with E-state index in [0.29, 0.717) is 19.0 Å². The van der Waals surface area contributed by atoms with Crippen LogP contribution < -0.4 is 10.1 Å². The number of benzene rings is 1. The molecule has 128 valence electrons. The Labute approximate surface area is 136 Å². The van der Waals surface area contributed by atoms with Gasteiger partial charge in [0, 0.05) is 19.6 Å². The topological polar surface area (TPSA) is 50.8 Å². The number of urea groups is 1. The van der Waals surface area contributed by atoms with Gasteiger partial charge in [-0.15, -0.1) is 0 Å². The van der Waals surface area contributed by atoms with Gasteiger partial charge in [0.05, 0.1) is 12.7 Å². The van der Waals surface area contributed by atoms with Crippen LogP contribution in [0.25, 0.3) is 0 Å². The Morgan fingerprint density at radius 1 is 1.26 bits per heavy atom. The molecule has 0 atom stereocenters. The molecule has 0 unspecified atom stereocenters. The maximum atomic E-state index is 12.8. The van der Waals surface area contributed by atoms with Crippen LogP contribution in [0.2, 0.25) is 0 Å². The number of likely N-dealkylation sites (tertiary alicyclic amines) is 1. The molecule has 23 heavy (non-hydrogen) atoms. The molecule has 1 aliphatic heterocycles. The van der Waals surface area contributed by atoms with Crippen LogP contribution in [0.3, 0.4) is 0 Å². The van der Waals surface area contributed by atoms with Crippen LogP contribution in [0.1, 0.15) is 26.2 Å². The molecule has 1 N–H and O–H groups in total. The van der Waals surface area contributed by atoms with E-state index in [0.717, 1.165) is 38.9 Å². The Bertz CT molecular complexity index is 473. The largest absolute Gasteiger partial charge is 0.491 e. The predicted octanol–water partition coefficient (Wildman–Crippen LogP) is 2.81. The lowest BCUT2D eigenvalue weighted by atomic mass is 10.1. The number of piperidine rings is 1. The van der Waals surface area contributed by atoms with Crippen molar-refractivity contribution in [3.63, 3.8) is 0 Å². The van der Waals surface area contributed by atoms with E-state index in [1.165, 1.54) is 12.1 Å². The third-order valence-corrected chi connectivity index (χ3v) is 3.77. The maximum absolute atomic E-state index is 12.8. The zero-order valence-electron chi connectivity index (χ0n) is 13.6. The Balaban J connectivity index is 1.57. The highest BCUT2D eigenvalue weighted by Crippen LogP contribution is 2.14. The van der Waals surface area contributed by atoms with Crippen LogP contribution in [0, 0.1) is 5.82 Å². The van der Waals surface area contributed by atoms with Crippen molar-refractivity contribution in [3.05, 3.63) is 30.1 Å². The summed E-state index contributed by atoms with van der Waals surface area (Å²) in [6.07, 6.45) is 2.80. The summed E-state index contributed by atoms with van der Waals surface area (Å²) in [5.74, 6) is 0.362. The molecule has 2 amide bonds. The standard InChI is InChI=1S/C17H25FN2O3/c1-2-9-19-17(21)20-10-7-16(8-11-20)23-13-12-22-15-5-3-14(18)4-6-15/h3-6,16H,2,7-13H2,1H3,(H,19,21). The highest BCUT2D eigenvalue weighted by atomic mass is 19.1. The molecule has 0 radical (unpaired) electrons. The van der Waals surface area contributed by atoms with Gasteiger partial charge in [-0.2, -0.15) is 0 Å². The monoisotopic (exact) mass is 324 g/mol. The number of nitrogens with zero attached hydrogens (tertiary/aromatic N) is 1. The molecule has 1 aliphatic rings. The quantitative estimate of drug-likeness (QED) is 0.785. The molecule has 1 heterocycles. The lowest BCUT2D eigenvalue weighted by Gasteiger charge is -2.31. The van der Waals surface area contributed by atoms with Crippen molar-refractivity contribution in [2.45, 2.75) is 32.3 Å². The minimum absolute atomic E-state index is 0.0185. The molecular weight excluding hydrogens is 299 g/mol. The molecule has 0 spiro atoms. The summed E-state index contributed by atoms with van der Waals surface area (Å²) in [5, 5.41) is 2.89. The number of hydrogen-bond donors (Lipinski definition) is 1. The smallest absolute Gasteiger partial charge is 0.317 e. The van der Waals surface area contributed by atoms with Crippen molar-refractivity contribution >= 4 is 6.03 Å². The van der Waals surface area contributed by atoms with Gasteiger partial charge in [-0.1, -0.05) is 6.92 Å². The minimum atomic E-state index is -0.275. The van der Waals surface area contributed by atoms with E-state index in [1.54, 1.807) is 12.1 Å². The predicted molar refractivity (Wildman–Crippen MR) is 86.1 cm³/mol. The number of halogens is 1. The normalized spacial score (nSPS) is 15.5. The average Bonchev–Trinajstić information content (AvgIpc) is 2.58. The van der Waals surface area contributed by atoms with Crippen LogP contribution in [0.5, 0.6) is 5.75 Å². The number of ether oxygens (including phenoxy) is 2. The van der Waals surface area contributed by atoms with Gasteiger partial charge < -0.3 is 19.7 Å². The van der Waals surface area contributed by atoms with Crippen molar-refractivity contribution < 1.29 is 18.7 Å². The first-order valence-electron chi connectivity index (χ1n) is 8.21. The summed E-state index contributed by atoms with van der Waals surface area (Å²) < 4.78 is 24.0. The fourth-order valence-corrected chi connectivity index (χ4v) is 2.47. The second-order valence-electron chi connectivity index (χ2n) is 5.59. The first kappa shape index (κ1) is 17.5. The highest BCUT2D eigenvalue weighted by Gasteiger charge is 2.22. The van der Waals surface area contributed by atoms with E-state index in [2.05, 4.69) is 5.32 Å². The zero-order chi connectivity index (χ0) is 16.5. The number of hydrogen-bond acceptors (Lipinski definition) is 3. The molecule has 0 saturated carbocycles. The molecule has 0 aromatic heterocycles. The molecule has 1 aromatic carbocycles. The molecule has 6 heteroatoms. The van der Waals surface area contributed by atoms with Gasteiger partial charge in [0.15, 0.2) is 0 Å². The van der Waals surface area contributed by atoms with E-state index in [-0.39, 0.29) is 18.0 Å². The fourth-order valence-electron chi connectivity index (χ4n) is 2.47. The minimum Gasteiger partial charge on any atom is -0.491 e. The van der Waals surface area contributed by atoms with Gasteiger partial charge in [-0.25, -0.2) is 9.18 Å². The van der Waals surface area contributed by atoms with E-state index in [4.69, 9.17) is 9.47 Å². The number of amides is 2. The van der Waals surface area contributed by atoms with E-state index >= 15 is 0 Å². The Morgan fingerprint density at radius 2 is 1.96 bits per heavy atom. The van der Waals surface area contributed by atoms with Gasteiger partial charge in [0.1, 0.15) is 18.2 Å². The zero-order valence-corrected chi connectivity index (χ0v) is 13.6. The Hall–Kier alpha value is -1.82. The first-order valence-corrected chi connectivity index (χ1v) is 8.21. The van der Waals surface area contributed by atoms with Crippen molar-refractivity contribution in [1.29, 1.82) is 0 Å². The van der Waals surface area contributed by atoms with E-state index in [9.17, 15) is 9.18 Å². The molecule has 1 saturated heterocycles. The average molecular weight is 324 g/mol. The third kappa shape index (κ3) is 6.06. The van der Waals surface area contributed by atoms with Crippen molar-refractivity contribution in [2.24, 2.45) is 0 Å². The lowest BCUT2D eigenvalue weighted by molar-refractivity contribution is 0.00189. The Morgan fingerprint density at radius 3 is 2.61 bits per heavy atom. The molecule has 0 aliphatic carbocycles. The summed E-state index contributed by atoms with van der Waals surface area (Å²) >= 11 is 0. The molecular formula is C17H25FN2O3. The molecule has 0 bridgehead atoms. The summed E-state index contributed by atoms with van der Waals surface area (Å²) in [4.78, 5) is 13.7. The second-order valence-corrected chi connectivity index (χ2v) is 5.59. The number of nitrogens with one attached hydrogen (secondary N) is 1. The van der Waals surface area contributed by atoms with Crippen LogP contribution in [0.4, 0.5) is 9.18 Å². The molecule has 1 fully saturated rings. The Kier molecular flexibility index (Phi) is 7.13. The second kappa shape index (κ2) is 9.35. The van der Waals surface area contributed by atoms with Crippen molar-refractivity contribution in [1.82, 2.24) is 10.2 Å². The van der Waals surface area contributed by atoms with Crippen LogP contribution >= 0.6 is 0 Å². The number of carbonyl (C=O) groups excluding carboxylic acids is 1. The number of rotatable bonds is 7. The SMILES string of the molecule is CCCNC(=O)N1CCC(OCCOc2ccc(F)cc2)CC1. The van der Waals surface area contributed by atoms with Gasteiger partial charge in [0.2, 0.25) is 0 Å². The first-order chi connectivity index (χ1) is 11.2. The van der Waals surface area contributed by atoms with Gasteiger partial charge in [-0.3, -0.25) is 0 Å². The van der Waals surface area contributed by atoms with E-state index < -0.39 is 0 Å². The number of carbonyl (C=O) groups is 1. The van der Waals surface area contributed by atoms with Crippen molar-refractivity contribution in [3.8, 4) is 5.75 Å². The highest BCUT2D eigenvalue weighted by molar-refractivity contribution is 5.74. The summed E-state index contributed by atoms with van der Waals surface area (Å²) in [6, 6.07) is 5.96. The lowest BCUT2D eigenvalue weighted by Crippen LogP contribution is -2.46. The molecule has 2 rings (SSSR count).